The van der Waals surface area contributed by atoms with Crippen LogP contribution in [-0.4, -0.2) is 6.07 Å². The van der Waals surface area contributed by atoms with Crippen molar-refractivity contribution in [2.45, 2.75) is 13.3 Å². The molecule has 70 valence electrons. The van der Waals surface area contributed by atoms with Gasteiger partial charge in [-0.2, -0.15) is 9.47 Å². The molecule has 5 heteroatoms. The number of aromatic nitrogens is 1. The van der Waals surface area contributed by atoms with Crippen molar-refractivity contribution in [2.75, 3.05) is 6.07 Å². The van der Waals surface area contributed by atoms with Gasteiger partial charge in [0.15, 0.2) is 12.7 Å². The van der Waals surface area contributed by atoms with E-state index in [0.29, 0.717) is 6.73 Å². The van der Waals surface area contributed by atoms with Crippen molar-refractivity contribution >= 4 is 11.6 Å². The molecule has 1 aromatic heterocycles. The molecule has 4 nitrogen and oxygen atoms in total. The summed E-state index contributed by atoms with van der Waals surface area (Å²) in [5.74, 6) is 0. The van der Waals surface area contributed by atoms with Crippen LogP contribution in [0.1, 0.15) is 5.69 Å². The Balaban J connectivity index is 2.71. The van der Waals surface area contributed by atoms with Crippen LogP contribution in [0.5, 0.6) is 0 Å². The van der Waals surface area contributed by atoms with Gasteiger partial charge in [0, 0.05) is 12.1 Å². The third-order valence-corrected chi connectivity index (χ3v) is 1.72. The zero-order valence-electron chi connectivity index (χ0n) is 7.02. The fourth-order valence-electron chi connectivity index (χ4n) is 0.980. The molecule has 0 spiro atoms. The average Bonchev–Trinajstić information content (AvgIpc) is 2.17. The van der Waals surface area contributed by atoms with Crippen LogP contribution in [0.4, 0.5) is 0 Å². The summed E-state index contributed by atoms with van der Waals surface area (Å²) in [6.07, 6.45) is 1.81. The van der Waals surface area contributed by atoms with Crippen molar-refractivity contribution in [2.24, 2.45) is 5.18 Å². The highest BCUT2D eigenvalue weighted by atomic mass is 35.5. The second-order valence-electron chi connectivity index (χ2n) is 2.39. The highest BCUT2D eigenvalue weighted by Gasteiger charge is 2.08. The molecule has 0 aliphatic rings. The summed E-state index contributed by atoms with van der Waals surface area (Å²) in [6, 6.07) is 5.65. The molecule has 0 aromatic carbocycles. The van der Waals surface area contributed by atoms with Gasteiger partial charge in [-0.1, -0.05) is 22.8 Å². The lowest BCUT2D eigenvalue weighted by Gasteiger charge is -1.99. The molecular formula is C8H10ClN2O2+. The van der Waals surface area contributed by atoms with Crippen molar-refractivity contribution < 1.29 is 9.30 Å². The number of nitroso groups, excluding NO2 is 1. The maximum atomic E-state index is 10.1. The number of ether oxygens (including phenoxy) is 1. The summed E-state index contributed by atoms with van der Waals surface area (Å²) >= 11 is 5.36. The molecule has 1 aromatic rings. The lowest BCUT2D eigenvalue weighted by molar-refractivity contribution is -0.738. The van der Waals surface area contributed by atoms with Crippen LogP contribution < -0.4 is 4.57 Å². The van der Waals surface area contributed by atoms with E-state index in [1.807, 2.05) is 24.4 Å². The highest BCUT2D eigenvalue weighted by molar-refractivity contribution is 6.17. The van der Waals surface area contributed by atoms with E-state index < -0.39 is 0 Å². The van der Waals surface area contributed by atoms with Crippen LogP contribution in [-0.2, 0) is 18.0 Å². The first-order valence-corrected chi connectivity index (χ1v) is 4.32. The highest BCUT2D eigenvalue weighted by Crippen LogP contribution is 1.94. The normalized spacial score (nSPS) is 9.92. The molecule has 0 atom stereocenters. The monoisotopic (exact) mass is 201 g/mol. The number of alkyl halides is 1. The van der Waals surface area contributed by atoms with Gasteiger partial charge in [-0.25, -0.2) is 0 Å². The average molecular weight is 202 g/mol. The third kappa shape index (κ3) is 3.08. The summed E-state index contributed by atoms with van der Waals surface area (Å²) in [6.45, 7) is 0.488. The number of hydrogen-bond acceptors (Lipinski definition) is 3. The van der Waals surface area contributed by atoms with E-state index in [1.165, 1.54) is 0 Å². The van der Waals surface area contributed by atoms with Gasteiger partial charge in [-0.3, -0.25) is 0 Å². The molecule has 0 aliphatic carbocycles. The van der Waals surface area contributed by atoms with Gasteiger partial charge in [-0.05, 0) is 0 Å². The van der Waals surface area contributed by atoms with Crippen LogP contribution in [0.25, 0.3) is 0 Å². The summed E-state index contributed by atoms with van der Waals surface area (Å²) in [5.41, 5.74) is 0.808. The maximum absolute atomic E-state index is 10.1. The molecule has 0 aliphatic heterocycles. The van der Waals surface area contributed by atoms with E-state index in [2.05, 4.69) is 5.18 Å². The van der Waals surface area contributed by atoms with Gasteiger partial charge in [0.1, 0.15) is 6.07 Å². The molecule has 13 heavy (non-hydrogen) atoms. The maximum Gasteiger partial charge on any atom is 0.254 e. The smallest absolute Gasteiger partial charge is 0.254 e. The topological polar surface area (TPSA) is 42.5 Å². The fourth-order valence-corrected chi connectivity index (χ4v) is 1.05. The fraction of sp³-hybridized carbons (Fsp3) is 0.375. The van der Waals surface area contributed by atoms with Crippen molar-refractivity contribution in [3.8, 4) is 0 Å². The number of halogens is 1. The van der Waals surface area contributed by atoms with E-state index in [4.69, 9.17) is 16.3 Å². The van der Waals surface area contributed by atoms with E-state index in [1.54, 1.807) is 4.57 Å². The predicted molar refractivity (Wildman–Crippen MR) is 47.9 cm³/mol. The van der Waals surface area contributed by atoms with Gasteiger partial charge in [0.05, 0.1) is 0 Å². The summed E-state index contributed by atoms with van der Waals surface area (Å²) in [7, 11) is 0. The number of rotatable bonds is 5. The van der Waals surface area contributed by atoms with Crippen molar-refractivity contribution in [3.05, 3.63) is 35.0 Å². The molecule has 0 radical (unpaired) electrons. The number of pyridine rings is 1. The Kier molecular flexibility index (Phi) is 4.35. The molecule has 0 N–H and O–H groups in total. The first kappa shape index (κ1) is 10.1. The van der Waals surface area contributed by atoms with Crippen molar-refractivity contribution in [3.63, 3.8) is 0 Å². The van der Waals surface area contributed by atoms with Crippen molar-refractivity contribution in [1.82, 2.24) is 0 Å². The lowest BCUT2D eigenvalue weighted by atomic mass is 10.3. The van der Waals surface area contributed by atoms with Gasteiger partial charge < -0.3 is 4.74 Å². The Bertz CT molecular complexity index is 281. The minimum Gasteiger partial charge on any atom is -0.307 e. The third-order valence-electron chi connectivity index (χ3n) is 1.57. The second kappa shape index (κ2) is 5.61. The first-order chi connectivity index (χ1) is 6.38. The zero-order valence-corrected chi connectivity index (χ0v) is 7.78. The van der Waals surface area contributed by atoms with Gasteiger partial charge in [0.25, 0.3) is 6.73 Å². The molecule has 0 saturated heterocycles. The van der Waals surface area contributed by atoms with Crippen LogP contribution in [0.15, 0.2) is 29.6 Å². The van der Waals surface area contributed by atoms with Crippen molar-refractivity contribution in [1.29, 1.82) is 0 Å². The zero-order chi connectivity index (χ0) is 9.52. The number of hydrogen-bond donors (Lipinski definition) is 0. The van der Waals surface area contributed by atoms with E-state index in [-0.39, 0.29) is 12.6 Å². The van der Waals surface area contributed by atoms with E-state index >= 15 is 0 Å². The summed E-state index contributed by atoms with van der Waals surface area (Å²) in [5, 5.41) is 2.82. The molecule has 1 heterocycles. The SMILES string of the molecule is O=NCc1cccc[n+]1COCCl. The molecule has 0 unspecified atom stereocenters. The molecule has 0 amide bonds. The first-order valence-electron chi connectivity index (χ1n) is 3.78. The minimum atomic E-state index is 0.135. The Labute approximate surface area is 81.1 Å². The van der Waals surface area contributed by atoms with E-state index in [0.717, 1.165) is 5.69 Å². The van der Waals surface area contributed by atoms with Crippen LogP contribution in [0, 0.1) is 4.91 Å². The quantitative estimate of drug-likeness (QED) is 0.411. The van der Waals surface area contributed by atoms with Crippen LogP contribution >= 0.6 is 11.6 Å². The molecule has 0 saturated carbocycles. The largest absolute Gasteiger partial charge is 0.307 e. The Morgan fingerprint density at radius 3 is 3.08 bits per heavy atom. The Morgan fingerprint density at radius 1 is 1.54 bits per heavy atom. The minimum absolute atomic E-state index is 0.135. The van der Waals surface area contributed by atoms with Crippen LogP contribution in [0.2, 0.25) is 0 Å². The van der Waals surface area contributed by atoms with Crippen LogP contribution in [0.3, 0.4) is 0 Å². The lowest BCUT2D eigenvalue weighted by Crippen LogP contribution is -2.38. The predicted octanol–water partition coefficient (Wildman–Crippen LogP) is 1.41. The van der Waals surface area contributed by atoms with Gasteiger partial charge >= 0.3 is 0 Å². The standard InChI is InChI=1S/C8H10ClN2O2/c9-6-13-7-11-4-2-1-3-8(11)5-10-12/h1-4H,5-7H2/q+1. The van der Waals surface area contributed by atoms with Gasteiger partial charge in [0.2, 0.25) is 5.69 Å². The molecular weight excluding hydrogens is 192 g/mol. The number of nitrogens with zero attached hydrogens (tertiary/aromatic N) is 2. The Hall–Kier alpha value is -1.00. The second-order valence-corrected chi connectivity index (χ2v) is 2.61. The summed E-state index contributed by atoms with van der Waals surface area (Å²) in [4.78, 5) is 10.1. The molecule has 0 bridgehead atoms. The molecule has 1 rings (SSSR count). The van der Waals surface area contributed by atoms with Gasteiger partial charge in [-0.15, -0.1) is 0 Å². The van der Waals surface area contributed by atoms with E-state index in [9.17, 15) is 4.91 Å². The summed E-state index contributed by atoms with van der Waals surface area (Å²) < 4.78 is 6.77. The molecule has 0 fully saturated rings. The Morgan fingerprint density at radius 2 is 2.38 bits per heavy atom.